The zero-order valence-corrected chi connectivity index (χ0v) is 10.0. The predicted molar refractivity (Wildman–Crippen MR) is 63.4 cm³/mol. The summed E-state index contributed by atoms with van der Waals surface area (Å²) in [4.78, 5) is 9.31. The zero-order chi connectivity index (χ0) is 11.5. The highest BCUT2D eigenvalue weighted by Gasteiger charge is 2.11. The van der Waals surface area contributed by atoms with E-state index >= 15 is 0 Å². The van der Waals surface area contributed by atoms with Gasteiger partial charge >= 0.3 is 0 Å². The normalized spacial score (nSPS) is 10.6. The molecule has 0 spiro atoms. The Kier molecular flexibility index (Phi) is 3.14. The first-order chi connectivity index (χ1) is 7.72. The standard InChI is InChI=1S/C11H13N3OS/c1-3-8-10(12)13-6-14-11(8)16-9-4-5-15-7(9)2/h4-6H,3H2,1-2H3,(H2,12,13,14). The average Bonchev–Trinajstić information content (AvgIpc) is 2.65. The van der Waals surface area contributed by atoms with Crippen LogP contribution in [0.15, 0.2) is 33.0 Å². The molecular weight excluding hydrogens is 222 g/mol. The van der Waals surface area contributed by atoms with Crippen LogP contribution < -0.4 is 5.73 Å². The first kappa shape index (κ1) is 11.0. The molecule has 0 aromatic carbocycles. The van der Waals surface area contributed by atoms with Crippen molar-refractivity contribution < 1.29 is 4.42 Å². The fraction of sp³-hybridized carbons (Fsp3) is 0.273. The van der Waals surface area contributed by atoms with Gasteiger partial charge in [0.05, 0.1) is 11.2 Å². The van der Waals surface area contributed by atoms with E-state index in [2.05, 4.69) is 9.97 Å². The van der Waals surface area contributed by atoms with E-state index in [-0.39, 0.29) is 0 Å². The molecule has 0 atom stereocenters. The lowest BCUT2D eigenvalue weighted by Gasteiger charge is -2.07. The molecule has 0 radical (unpaired) electrons. The molecule has 0 aliphatic heterocycles. The summed E-state index contributed by atoms with van der Waals surface area (Å²) in [5.41, 5.74) is 6.80. The number of rotatable bonds is 3. The molecule has 0 aliphatic rings. The van der Waals surface area contributed by atoms with Crippen LogP contribution in [-0.4, -0.2) is 9.97 Å². The highest BCUT2D eigenvalue weighted by Crippen LogP contribution is 2.32. The molecule has 0 aliphatic carbocycles. The van der Waals surface area contributed by atoms with Crippen LogP contribution in [0.4, 0.5) is 5.82 Å². The minimum absolute atomic E-state index is 0.557. The first-order valence-electron chi connectivity index (χ1n) is 5.03. The first-order valence-corrected chi connectivity index (χ1v) is 5.85. The topological polar surface area (TPSA) is 64.9 Å². The van der Waals surface area contributed by atoms with Crippen molar-refractivity contribution in [2.24, 2.45) is 0 Å². The van der Waals surface area contributed by atoms with Crippen molar-refractivity contribution in [3.05, 3.63) is 30.0 Å². The summed E-state index contributed by atoms with van der Waals surface area (Å²) in [6.45, 7) is 3.97. The van der Waals surface area contributed by atoms with E-state index in [0.717, 1.165) is 27.7 Å². The van der Waals surface area contributed by atoms with E-state index < -0.39 is 0 Å². The van der Waals surface area contributed by atoms with Crippen molar-refractivity contribution in [2.75, 3.05) is 5.73 Å². The molecule has 2 heterocycles. The summed E-state index contributed by atoms with van der Waals surface area (Å²) in [5.74, 6) is 1.45. The SMILES string of the molecule is CCc1c(N)ncnc1Sc1ccoc1C. The van der Waals surface area contributed by atoms with Gasteiger partial charge in [0.25, 0.3) is 0 Å². The molecule has 84 valence electrons. The highest BCUT2D eigenvalue weighted by atomic mass is 32.2. The number of nitrogen functional groups attached to an aromatic ring is 1. The Morgan fingerprint density at radius 2 is 2.25 bits per heavy atom. The molecule has 2 aromatic rings. The minimum Gasteiger partial charge on any atom is -0.468 e. The van der Waals surface area contributed by atoms with E-state index in [4.69, 9.17) is 10.2 Å². The molecular formula is C11H13N3OS. The zero-order valence-electron chi connectivity index (χ0n) is 9.23. The van der Waals surface area contributed by atoms with Crippen LogP contribution in [0, 0.1) is 6.92 Å². The van der Waals surface area contributed by atoms with Gasteiger partial charge in [-0.05, 0) is 19.4 Å². The Balaban J connectivity index is 2.35. The number of anilines is 1. The van der Waals surface area contributed by atoms with Gasteiger partial charge in [-0.2, -0.15) is 0 Å². The maximum atomic E-state index is 5.81. The molecule has 0 amide bonds. The molecule has 5 heteroatoms. The van der Waals surface area contributed by atoms with E-state index in [1.807, 2.05) is 19.9 Å². The van der Waals surface area contributed by atoms with Crippen LogP contribution in [0.5, 0.6) is 0 Å². The number of aryl methyl sites for hydroxylation is 1. The lowest BCUT2D eigenvalue weighted by Crippen LogP contribution is -2.00. The molecule has 0 bridgehead atoms. The number of furan rings is 1. The largest absolute Gasteiger partial charge is 0.468 e. The van der Waals surface area contributed by atoms with Crippen LogP contribution in [0.25, 0.3) is 0 Å². The van der Waals surface area contributed by atoms with E-state index in [1.54, 1.807) is 18.0 Å². The van der Waals surface area contributed by atoms with Gasteiger partial charge in [-0.1, -0.05) is 18.7 Å². The van der Waals surface area contributed by atoms with Crippen LogP contribution in [0.3, 0.4) is 0 Å². The quantitative estimate of drug-likeness (QED) is 0.828. The lowest BCUT2D eigenvalue weighted by atomic mass is 10.2. The lowest BCUT2D eigenvalue weighted by molar-refractivity contribution is 0.527. The Labute approximate surface area is 98.3 Å². The molecule has 0 fully saturated rings. The second-order valence-corrected chi connectivity index (χ2v) is 4.37. The number of nitrogens with zero attached hydrogens (tertiary/aromatic N) is 2. The summed E-state index contributed by atoms with van der Waals surface area (Å²) >= 11 is 1.56. The molecule has 0 saturated carbocycles. The summed E-state index contributed by atoms with van der Waals surface area (Å²) in [7, 11) is 0. The summed E-state index contributed by atoms with van der Waals surface area (Å²) in [6.07, 6.45) is 3.99. The van der Waals surface area contributed by atoms with Gasteiger partial charge in [-0.15, -0.1) is 0 Å². The molecule has 2 aromatic heterocycles. The predicted octanol–water partition coefficient (Wildman–Crippen LogP) is 2.67. The Bertz CT molecular complexity index is 496. The molecule has 16 heavy (non-hydrogen) atoms. The third kappa shape index (κ3) is 2.04. The molecule has 2 N–H and O–H groups in total. The fourth-order valence-corrected chi connectivity index (χ4v) is 2.41. The maximum absolute atomic E-state index is 5.81. The monoisotopic (exact) mass is 235 g/mol. The van der Waals surface area contributed by atoms with E-state index in [9.17, 15) is 0 Å². The van der Waals surface area contributed by atoms with Crippen molar-refractivity contribution in [1.29, 1.82) is 0 Å². The highest BCUT2D eigenvalue weighted by molar-refractivity contribution is 7.99. The summed E-state index contributed by atoms with van der Waals surface area (Å²) in [5, 5.41) is 0.902. The number of nitrogens with two attached hydrogens (primary N) is 1. The second-order valence-electron chi connectivity index (χ2n) is 3.34. The van der Waals surface area contributed by atoms with Gasteiger partial charge in [0.15, 0.2) is 0 Å². The van der Waals surface area contributed by atoms with Gasteiger partial charge in [-0.25, -0.2) is 9.97 Å². The maximum Gasteiger partial charge on any atom is 0.131 e. The summed E-state index contributed by atoms with van der Waals surface area (Å²) < 4.78 is 5.24. The van der Waals surface area contributed by atoms with Crippen LogP contribution in [0.1, 0.15) is 18.2 Å². The van der Waals surface area contributed by atoms with Gasteiger partial charge in [0, 0.05) is 5.56 Å². The molecule has 4 nitrogen and oxygen atoms in total. The van der Waals surface area contributed by atoms with Crippen molar-refractivity contribution in [1.82, 2.24) is 9.97 Å². The Morgan fingerprint density at radius 3 is 2.88 bits per heavy atom. The summed E-state index contributed by atoms with van der Waals surface area (Å²) in [6, 6.07) is 1.93. The number of aromatic nitrogens is 2. The van der Waals surface area contributed by atoms with Gasteiger partial charge in [0.1, 0.15) is 22.9 Å². The third-order valence-corrected chi connectivity index (χ3v) is 3.50. The van der Waals surface area contributed by atoms with E-state index in [1.165, 1.54) is 6.33 Å². The average molecular weight is 235 g/mol. The molecule has 0 saturated heterocycles. The van der Waals surface area contributed by atoms with Crippen molar-refractivity contribution >= 4 is 17.6 Å². The third-order valence-electron chi connectivity index (χ3n) is 2.31. The number of hydrogen-bond acceptors (Lipinski definition) is 5. The van der Waals surface area contributed by atoms with Crippen molar-refractivity contribution in [3.63, 3.8) is 0 Å². The van der Waals surface area contributed by atoms with Gasteiger partial charge in [0.2, 0.25) is 0 Å². The molecule has 2 rings (SSSR count). The second kappa shape index (κ2) is 4.57. The number of hydrogen-bond donors (Lipinski definition) is 1. The van der Waals surface area contributed by atoms with Gasteiger partial charge in [-0.3, -0.25) is 0 Å². The Hall–Kier alpha value is -1.49. The van der Waals surface area contributed by atoms with Gasteiger partial charge < -0.3 is 10.2 Å². The van der Waals surface area contributed by atoms with Crippen LogP contribution >= 0.6 is 11.8 Å². The van der Waals surface area contributed by atoms with Crippen molar-refractivity contribution in [3.8, 4) is 0 Å². The van der Waals surface area contributed by atoms with Crippen molar-refractivity contribution in [2.45, 2.75) is 30.2 Å². The van der Waals surface area contributed by atoms with Crippen LogP contribution in [0.2, 0.25) is 0 Å². The molecule has 0 unspecified atom stereocenters. The Morgan fingerprint density at radius 1 is 1.44 bits per heavy atom. The van der Waals surface area contributed by atoms with E-state index in [0.29, 0.717) is 5.82 Å². The smallest absolute Gasteiger partial charge is 0.131 e. The minimum atomic E-state index is 0.557. The van der Waals surface area contributed by atoms with Crippen LogP contribution in [-0.2, 0) is 6.42 Å². The fourth-order valence-electron chi connectivity index (χ4n) is 1.41.